The molecule has 0 aliphatic heterocycles. The first-order chi connectivity index (χ1) is 13.8. The van der Waals surface area contributed by atoms with Gasteiger partial charge in [0.15, 0.2) is 6.61 Å². The third-order valence-electron chi connectivity index (χ3n) is 3.68. The lowest BCUT2D eigenvalue weighted by Gasteiger charge is -2.12. The van der Waals surface area contributed by atoms with Crippen molar-refractivity contribution in [1.82, 2.24) is 14.9 Å². The topological polar surface area (TPSA) is 139 Å². The summed E-state index contributed by atoms with van der Waals surface area (Å²) in [5.74, 6) is -1.53. The number of benzene rings is 1. The predicted molar refractivity (Wildman–Crippen MR) is 105 cm³/mol. The molecule has 1 aromatic carbocycles. The number of nitrogens with zero attached hydrogens (tertiary/aromatic N) is 1. The van der Waals surface area contributed by atoms with E-state index in [0.717, 1.165) is 16.8 Å². The minimum atomic E-state index is -0.836. The number of anilines is 1. The summed E-state index contributed by atoms with van der Waals surface area (Å²) in [7, 11) is 0. The van der Waals surface area contributed by atoms with Gasteiger partial charge in [-0.25, -0.2) is 4.79 Å². The van der Waals surface area contributed by atoms with Gasteiger partial charge in [-0.15, -0.1) is 0 Å². The highest BCUT2D eigenvalue weighted by molar-refractivity contribution is 6.04. The van der Waals surface area contributed by atoms with Crippen LogP contribution in [0, 0.1) is 5.92 Å². The second-order valence-electron chi connectivity index (χ2n) is 6.60. The van der Waals surface area contributed by atoms with Crippen LogP contribution < -0.4 is 21.9 Å². The molecule has 0 atom stereocenters. The van der Waals surface area contributed by atoms with Crippen LogP contribution in [0.25, 0.3) is 0 Å². The lowest BCUT2D eigenvalue weighted by Crippen LogP contribution is -2.32. The highest BCUT2D eigenvalue weighted by atomic mass is 16.5. The smallest absolute Gasteiger partial charge is 0.328 e. The van der Waals surface area contributed by atoms with E-state index >= 15 is 0 Å². The number of aromatic nitrogens is 2. The molecule has 2 amide bonds. The normalized spacial score (nSPS) is 10.4. The van der Waals surface area contributed by atoms with E-state index in [2.05, 4.69) is 10.6 Å². The number of hydrogen-bond acceptors (Lipinski definition) is 6. The summed E-state index contributed by atoms with van der Waals surface area (Å²) in [4.78, 5) is 60.7. The number of ether oxygens (including phenoxy) is 1. The second-order valence-corrected chi connectivity index (χ2v) is 6.60. The fourth-order valence-corrected chi connectivity index (χ4v) is 2.27. The number of esters is 1. The number of rotatable bonds is 8. The zero-order valence-electron chi connectivity index (χ0n) is 16.1. The van der Waals surface area contributed by atoms with Crippen molar-refractivity contribution in [3.8, 4) is 0 Å². The van der Waals surface area contributed by atoms with Gasteiger partial charge in [-0.1, -0.05) is 26.0 Å². The van der Waals surface area contributed by atoms with Gasteiger partial charge < -0.3 is 15.4 Å². The Morgan fingerprint density at radius 2 is 1.86 bits per heavy atom. The van der Waals surface area contributed by atoms with Crippen molar-refractivity contribution in [2.75, 3.05) is 18.5 Å². The maximum atomic E-state index is 12.3. The molecule has 0 saturated carbocycles. The van der Waals surface area contributed by atoms with Gasteiger partial charge in [-0.05, 0) is 18.1 Å². The number of nitrogens with one attached hydrogen (secondary N) is 3. The quantitative estimate of drug-likeness (QED) is 0.535. The second kappa shape index (κ2) is 10.0. The molecule has 0 aliphatic rings. The van der Waals surface area contributed by atoms with E-state index in [0.29, 0.717) is 6.54 Å². The summed E-state index contributed by atoms with van der Waals surface area (Å²) in [5, 5.41) is 5.29. The Kier molecular flexibility index (Phi) is 7.47. The Morgan fingerprint density at radius 1 is 1.14 bits per heavy atom. The number of aromatic amines is 1. The average molecular weight is 402 g/mol. The van der Waals surface area contributed by atoms with E-state index in [1.54, 1.807) is 24.3 Å². The van der Waals surface area contributed by atoms with Crippen LogP contribution in [0.15, 0.2) is 46.1 Å². The molecular formula is C19H22N4O6. The summed E-state index contributed by atoms with van der Waals surface area (Å²) in [6.07, 6.45) is 1.15. The van der Waals surface area contributed by atoms with E-state index in [-0.39, 0.29) is 23.1 Å². The van der Waals surface area contributed by atoms with Crippen molar-refractivity contribution in [3.63, 3.8) is 0 Å². The van der Waals surface area contributed by atoms with Crippen LogP contribution in [0.1, 0.15) is 24.2 Å². The molecular weight excluding hydrogens is 380 g/mol. The van der Waals surface area contributed by atoms with Crippen LogP contribution in [0.3, 0.4) is 0 Å². The summed E-state index contributed by atoms with van der Waals surface area (Å²) in [6, 6.07) is 7.54. The Morgan fingerprint density at radius 3 is 2.55 bits per heavy atom. The summed E-state index contributed by atoms with van der Waals surface area (Å²) < 4.78 is 5.78. The molecule has 1 heterocycles. The van der Waals surface area contributed by atoms with Crippen molar-refractivity contribution >= 4 is 23.5 Å². The molecule has 0 bridgehead atoms. The molecule has 2 aromatic rings. The molecule has 0 radical (unpaired) electrons. The van der Waals surface area contributed by atoms with Gasteiger partial charge in [-0.2, -0.15) is 0 Å². The summed E-state index contributed by atoms with van der Waals surface area (Å²) in [6.45, 7) is 3.35. The molecule has 0 spiro atoms. The maximum absolute atomic E-state index is 12.3. The highest BCUT2D eigenvalue weighted by Gasteiger charge is 2.15. The number of amides is 2. The van der Waals surface area contributed by atoms with Gasteiger partial charge in [0.25, 0.3) is 17.4 Å². The van der Waals surface area contributed by atoms with Crippen molar-refractivity contribution in [2.45, 2.75) is 20.4 Å². The van der Waals surface area contributed by atoms with Gasteiger partial charge in [0.2, 0.25) is 0 Å². The van der Waals surface area contributed by atoms with Gasteiger partial charge >= 0.3 is 11.7 Å². The molecule has 10 heteroatoms. The van der Waals surface area contributed by atoms with Crippen molar-refractivity contribution in [3.05, 3.63) is 62.9 Å². The van der Waals surface area contributed by atoms with Crippen LogP contribution >= 0.6 is 0 Å². The van der Waals surface area contributed by atoms with E-state index in [9.17, 15) is 24.0 Å². The Labute approximate surface area is 165 Å². The van der Waals surface area contributed by atoms with Crippen molar-refractivity contribution in [1.29, 1.82) is 0 Å². The standard InChI is InChI=1S/C19H22N4O6/c1-12(2)9-20-18(27)13-5-3-4-6-14(13)21-16(25)11-29-17(26)10-23-8-7-15(24)22-19(23)28/h3-8,12H,9-11H2,1-2H3,(H,20,27)(H,21,25)(H,22,24,28). The van der Waals surface area contributed by atoms with Gasteiger partial charge in [0, 0.05) is 18.8 Å². The largest absolute Gasteiger partial charge is 0.454 e. The van der Waals surface area contributed by atoms with Crippen LogP contribution in [0.5, 0.6) is 0 Å². The maximum Gasteiger partial charge on any atom is 0.328 e. The molecule has 0 aliphatic carbocycles. The molecule has 0 fully saturated rings. The average Bonchev–Trinajstić information content (AvgIpc) is 2.67. The molecule has 2 rings (SSSR count). The molecule has 154 valence electrons. The predicted octanol–water partition coefficient (Wildman–Crippen LogP) is 0.104. The minimum absolute atomic E-state index is 0.273. The summed E-state index contributed by atoms with van der Waals surface area (Å²) >= 11 is 0. The third-order valence-corrected chi connectivity index (χ3v) is 3.68. The molecule has 29 heavy (non-hydrogen) atoms. The first-order valence-corrected chi connectivity index (χ1v) is 8.88. The molecule has 1 aromatic heterocycles. The molecule has 0 saturated heterocycles. The van der Waals surface area contributed by atoms with Gasteiger partial charge in [0.05, 0.1) is 11.3 Å². The SMILES string of the molecule is CC(C)CNC(=O)c1ccccc1NC(=O)COC(=O)Cn1ccc(=O)[nH]c1=O. The van der Waals surface area contributed by atoms with Gasteiger partial charge in [0.1, 0.15) is 6.54 Å². The number of carbonyl (C=O) groups is 3. The fourth-order valence-electron chi connectivity index (χ4n) is 2.27. The first kappa shape index (κ1) is 21.6. The van der Waals surface area contributed by atoms with E-state index in [1.165, 1.54) is 0 Å². The van der Waals surface area contributed by atoms with Crippen molar-refractivity contribution in [2.24, 2.45) is 5.92 Å². The highest BCUT2D eigenvalue weighted by Crippen LogP contribution is 2.15. The summed E-state index contributed by atoms with van der Waals surface area (Å²) in [5.41, 5.74) is -0.783. The third kappa shape index (κ3) is 6.76. The zero-order chi connectivity index (χ0) is 21.4. The lowest BCUT2D eigenvalue weighted by molar-refractivity contribution is -0.148. The van der Waals surface area contributed by atoms with E-state index < -0.39 is 36.3 Å². The molecule has 3 N–H and O–H groups in total. The molecule has 0 unspecified atom stereocenters. The van der Waals surface area contributed by atoms with E-state index in [1.807, 2.05) is 18.8 Å². The van der Waals surface area contributed by atoms with Crippen LogP contribution in [0.2, 0.25) is 0 Å². The number of carbonyl (C=O) groups excluding carboxylic acids is 3. The lowest BCUT2D eigenvalue weighted by atomic mass is 10.1. The number of hydrogen-bond donors (Lipinski definition) is 3. The van der Waals surface area contributed by atoms with Crippen LogP contribution in [0.4, 0.5) is 5.69 Å². The fraction of sp³-hybridized carbons (Fsp3) is 0.316. The number of para-hydroxylation sites is 1. The number of H-pyrrole nitrogens is 1. The Hall–Kier alpha value is -3.69. The Balaban J connectivity index is 1.92. The van der Waals surface area contributed by atoms with Crippen LogP contribution in [-0.2, 0) is 20.9 Å². The minimum Gasteiger partial charge on any atom is -0.454 e. The van der Waals surface area contributed by atoms with Crippen molar-refractivity contribution < 1.29 is 19.1 Å². The first-order valence-electron chi connectivity index (χ1n) is 8.88. The monoisotopic (exact) mass is 402 g/mol. The zero-order valence-corrected chi connectivity index (χ0v) is 16.1. The van der Waals surface area contributed by atoms with Gasteiger partial charge in [-0.3, -0.25) is 28.7 Å². The van der Waals surface area contributed by atoms with E-state index in [4.69, 9.17) is 4.74 Å². The van der Waals surface area contributed by atoms with Crippen LogP contribution in [-0.4, -0.2) is 40.5 Å². The Bertz CT molecular complexity index is 1010. The molecule has 10 nitrogen and oxygen atoms in total.